The van der Waals surface area contributed by atoms with Gasteiger partial charge in [0.2, 0.25) is 5.91 Å². The average molecular weight is 413 g/mol. The fraction of sp³-hybridized carbons (Fsp3) is 0.588. The summed E-state index contributed by atoms with van der Waals surface area (Å²) in [7, 11) is -1.19. The number of sulfone groups is 1. The van der Waals surface area contributed by atoms with Gasteiger partial charge in [0.25, 0.3) is 0 Å². The second-order valence-corrected chi connectivity index (χ2v) is 10.2. The molecule has 10 heteroatoms. The maximum absolute atomic E-state index is 12.9. The van der Waals surface area contributed by atoms with Crippen LogP contribution in [0.15, 0.2) is 21.9 Å². The molecule has 1 saturated heterocycles. The molecule has 1 amide bonds. The van der Waals surface area contributed by atoms with Crippen LogP contribution in [0.5, 0.6) is 0 Å². The Bertz CT molecular complexity index is 935. The largest absolute Gasteiger partial charge is 0.469 e. The van der Waals surface area contributed by atoms with Crippen molar-refractivity contribution in [1.29, 1.82) is 0 Å². The number of hydrogen-bond donors (Lipinski definition) is 0. The van der Waals surface area contributed by atoms with Crippen molar-refractivity contribution in [3.05, 3.63) is 18.1 Å². The van der Waals surface area contributed by atoms with E-state index >= 15 is 0 Å². The van der Waals surface area contributed by atoms with Crippen molar-refractivity contribution in [2.45, 2.75) is 43.6 Å². The summed E-state index contributed by atoms with van der Waals surface area (Å²) in [6, 6.07) is 1.60. The number of thioether (sulfide) groups is 1. The number of nitrogens with zero attached hydrogens (tertiary/aromatic N) is 4. The first kappa shape index (κ1) is 19.9. The van der Waals surface area contributed by atoms with Crippen molar-refractivity contribution >= 4 is 27.5 Å². The van der Waals surface area contributed by atoms with Crippen LogP contribution in [0.2, 0.25) is 0 Å². The van der Waals surface area contributed by atoms with E-state index in [-0.39, 0.29) is 23.5 Å². The standard InChI is InChI=1S/C17H24N4O4S2/c1-5-21(13-7-9-27(23,24)10-13)16(22)12(3)26-17-19-18-15(20(17)4)14-6-8-25-11(14)2/h6,8,12-13H,5,7,9-10H2,1-4H3/t12-,13-/m0/s1. The molecular formula is C17H24N4O4S2. The number of amides is 1. The lowest BCUT2D eigenvalue weighted by atomic mass is 10.2. The Morgan fingerprint density at radius 2 is 2.22 bits per heavy atom. The summed E-state index contributed by atoms with van der Waals surface area (Å²) in [5, 5.41) is 8.66. The predicted octanol–water partition coefficient (Wildman–Crippen LogP) is 1.90. The van der Waals surface area contributed by atoms with Gasteiger partial charge in [-0.15, -0.1) is 10.2 Å². The minimum Gasteiger partial charge on any atom is -0.469 e. The second kappa shape index (κ2) is 7.67. The van der Waals surface area contributed by atoms with Gasteiger partial charge in [0.15, 0.2) is 20.8 Å². The average Bonchev–Trinajstić information content (AvgIpc) is 3.28. The zero-order valence-corrected chi connectivity index (χ0v) is 17.5. The highest BCUT2D eigenvalue weighted by Gasteiger charge is 2.35. The zero-order chi connectivity index (χ0) is 19.8. The summed E-state index contributed by atoms with van der Waals surface area (Å²) < 4.78 is 30.7. The van der Waals surface area contributed by atoms with Crippen LogP contribution in [0.25, 0.3) is 11.4 Å². The Kier molecular flexibility index (Phi) is 5.66. The van der Waals surface area contributed by atoms with Crippen LogP contribution in [-0.4, -0.2) is 63.3 Å². The third-order valence-corrected chi connectivity index (χ3v) is 7.71. The summed E-state index contributed by atoms with van der Waals surface area (Å²) >= 11 is 1.32. The van der Waals surface area contributed by atoms with Crippen molar-refractivity contribution in [2.75, 3.05) is 18.1 Å². The lowest BCUT2D eigenvalue weighted by molar-refractivity contribution is -0.131. The predicted molar refractivity (Wildman–Crippen MR) is 103 cm³/mol. The van der Waals surface area contributed by atoms with Crippen molar-refractivity contribution in [3.63, 3.8) is 0 Å². The maximum Gasteiger partial charge on any atom is 0.236 e. The summed E-state index contributed by atoms with van der Waals surface area (Å²) in [4.78, 5) is 14.6. The minimum atomic E-state index is -3.04. The number of aryl methyl sites for hydroxylation is 1. The van der Waals surface area contributed by atoms with Crippen LogP contribution in [0.1, 0.15) is 26.0 Å². The van der Waals surface area contributed by atoms with Gasteiger partial charge >= 0.3 is 0 Å². The Morgan fingerprint density at radius 1 is 1.48 bits per heavy atom. The van der Waals surface area contributed by atoms with Gasteiger partial charge in [0, 0.05) is 19.6 Å². The third-order valence-electron chi connectivity index (χ3n) is 4.84. The molecule has 2 atom stereocenters. The molecule has 0 aromatic carbocycles. The van der Waals surface area contributed by atoms with Gasteiger partial charge in [0.1, 0.15) is 5.76 Å². The zero-order valence-electron chi connectivity index (χ0n) is 15.9. The van der Waals surface area contributed by atoms with Crippen molar-refractivity contribution in [3.8, 4) is 11.4 Å². The van der Waals surface area contributed by atoms with Gasteiger partial charge in [-0.2, -0.15) is 0 Å². The molecule has 148 valence electrons. The minimum absolute atomic E-state index is 0.0534. The SMILES string of the molecule is CCN(C(=O)[C@H](C)Sc1nnc(-c2ccoc2C)n1C)[C@H]1CCS(=O)(=O)C1. The van der Waals surface area contributed by atoms with Crippen LogP contribution in [0.4, 0.5) is 0 Å². The van der Waals surface area contributed by atoms with Gasteiger partial charge < -0.3 is 13.9 Å². The highest BCUT2D eigenvalue weighted by Crippen LogP contribution is 2.29. The van der Waals surface area contributed by atoms with Crippen LogP contribution in [0.3, 0.4) is 0 Å². The van der Waals surface area contributed by atoms with Gasteiger partial charge in [0.05, 0.1) is 28.6 Å². The Hall–Kier alpha value is -1.81. The molecule has 1 aliphatic rings. The normalized spacial score (nSPS) is 19.9. The van der Waals surface area contributed by atoms with E-state index in [9.17, 15) is 13.2 Å². The lowest BCUT2D eigenvalue weighted by Gasteiger charge is -2.29. The molecule has 0 unspecified atom stereocenters. The fourth-order valence-electron chi connectivity index (χ4n) is 3.33. The Balaban J connectivity index is 1.73. The second-order valence-electron chi connectivity index (χ2n) is 6.70. The van der Waals surface area contributed by atoms with Gasteiger partial charge in [-0.05, 0) is 33.3 Å². The van der Waals surface area contributed by atoms with Gasteiger partial charge in [-0.25, -0.2) is 8.42 Å². The van der Waals surface area contributed by atoms with E-state index in [4.69, 9.17) is 4.42 Å². The molecule has 0 saturated carbocycles. The molecule has 0 aliphatic carbocycles. The summed E-state index contributed by atoms with van der Waals surface area (Å²) in [6.07, 6.45) is 2.11. The molecule has 27 heavy (non-hydrogen) atoms. The molecule has 1 aliphatic heterocycles. The third kappa shape index (κ3) is 4.06. The molecule has 1 fully saturated rings. The first-order valence-corrected chi connectivity index (χ1v) is 11.5. The number of hydrogen-bond acceptors (Lipinski definition) is 7. The number of aromatic nitrogens is 3. The van der Waals surface area contributed by atoms with Crippen molar-refractivity contribution in [2.24, 2.45) is 7.05 Å². The molecule has 3 rings (SSSR count). The van der Waals surface area contributed by atoms with E-state index in [2.05, 4.69) is 10.2 Å². The van der Waals surface area contributed by atoms with E-state index in [1.54, 1.807) is 11.2 Å². The molecule has 0 N–H and O–H groups in total. The molecule has 0 radical (unpaired) electrons. The monoisotopic (exact) mass is 412 g/mol. The summed E-state index contributed by atoms with van der Waals surface area (Å²) in [5.74, 6) is 1.56. The molecule has 0 bridgehead atoms. The van der Waals surface area contributed by atoms with Crippen molar-refractivity contribution in [1.82, 2.24) is 19.7 Å². The van der Waals surface area contributed by atoms with Crippen molar-refractivity contribution < 1.29 is 17.6 Å². The molecular weight excluding hydrogens is 388 g/mol. The molecule has 3 heterocycles. The smallest absolute Gasteiger partial charge is 0.236 e. The Labute approximate surface area is 163 Å². The number of carbonyl (C=O) groups is 1. The maximum atomic E-state index is 12.9. The molecule has 2 aromatic heterocycles. The summed E-state index contributed by atoms with van der Waals surface area (Å²) in [6.45, 7) is 6.04. The number of carbonyl (C=O) groups excluding carboxylic acids is 1. The van der Waals surface area contributed by atoms with E-state index in [0.29, 0.717) is 23.9 Å². The molecule has 0 spiro atoms. The molecule has 2 aromatic rings. The lowest BCUT2D eigenvalue weighted by Crippen LogP contribution is -2.44. The van der Waals surface area contributed by atoms with Crippen LogP contribution in [0, 0.1) is 6.92 Å². The summed E-state index contributed by atoms with van der Waals surface area (Å²) in [5.41, 5.74) is 0.863. The van der Waals surface area contributed by atoms with Crippen LogP contribution in [-0.2, 0) is 21.7 Å². The first-order chi connectivity index (χ1) is 12.7. The highest BCUT2D eigenvalue weighted by molar-refractivity contribution is 8.00. The van der Waals surface area contributed by atoms with E-state index in [0.717, 1.165) is 11.3 Å². The topological polar surface area (TPSA) is 98.3 Å². The number of furan rings is 1. The highest BCUT2D eigenvalue weighted by atomic mass is 32.2. The Morgan fingerprint density at radius 3 is 2.78 bits per heavy atom. The fourth-order valence-corrected chi connectivity index (χ4v) is 5.94. The van der Waals surface area contributed by atoms with E-state index in [1.165, 1.54) is 11.8 Å². The van der Waals surface area contributed by atoms with Gasteiger partial charge in [-0.3, -0.25) is 4.79 Å². The number of rotatable bonds is 6. The first-order valence-electron chi connectivity index (χ1n) is 8.85. The van der Waals surface area contributed by atoms with E-state index in [1.807, 2.05) is 38.5 Å². The van der Waals surface area contributed by atoms with Gasteiger partial charge in [-0.1, -0.05) is 11.8 Å². The quantitative estimate of drug-likeness (QED) is 0.668. The van der Waals surface area contributed by atoms with Crippen LogP contribution < -0.4 is 0 Å². The van der Waals surface area contributed by atoms with Crippen LogP contribution >= 0.6 is 11.8 Å². The molecule has 8 nitrogen and oxygen atoms in total. The van der Waals surface area contributed by atoms with E-state index < -0.39 is 15.1 Å².